The molecule has 4 rings (SSSR count). The Bertz CT molecular complexity index is 742. The average Bonchev–Trinajstić information content (AvgIpc) is 3.16. The number of imidazole rings is 1. The summed E-state index contributed by atoms with van der Waals surface area (Å²) < 4.78 is 2.03. The third kappa shape index (κ3) is 2.06. The fourth-order valence-electron chi connectivity index (χ4n) is 2.81. The predicted octanol–water partition coefficient (Wildman–Crippen LogP) is 1.08. The Morgan fingerprint density at radius 2 is 2.05 bits per heavy atom. The van der Waals surface area contributed by atoms with E-state index < -0.39 is 0 Å². The van der Waals surface area contributed by atoms with Crippen LogP contribution in [0.15, 0.2) is 31.0 Å². The van der Waals surface area contributed by atoms with E-state index in [1.165, 1.54) is 0 Å². The summed E-state index contributed by atoms with van der Waals surface area (Å²) in [5.74, 6) is 0.874. The molecule has 21 heavy (non-hydrogen) atoms. The van der Waals surface area contributed by atoms with Gasteiger partial charge in [-0.15, -0.1) is 0 Å². The first-order chi connectivity index (χ1) is 10.3. The number of piperidine rings is 1. The van der Waals surface area contributed by atoms with Crippen molar-refractivity contribution in [3.8, 4) is 11.3 Å². The molecule has 0 atom stereocenters. The van der Waals surface area contributed by atoms with Crippen LogP contribution in [0, 0.1) is 0 Å². The van der Waals surface area contributed by atoms with Crippen LogP contribution < -0.4 is 4.90 Å². The number of H-pyrrole nitrogens is 1. The van der Waals surface area contributed by atoms with Crippen LogP contribution >= 0.6 is 0 Å². The molecule has 3 aromatic heterocycles. The largest absolute Gasteiger partial charge is 0.393 e. The molecule has 2 N–H and O–H groups in total. The first-order valence-electron chi connectivity index (χ1n) is 7.07. The van der Waals surface area contributed by atoms with E-state index in [9.17, 15) is 5.11 Å². The van der Waals surface area contributed by atoms with E-state index in [2.05, 4.69) is 25.1 Å². The minimum atomic E-state index is -0.192. The molecule has 0 spiro atoms. The van der Waals surface area contributed by atoms with Crippen molar-refractivity contribution in [3.63, 3.8) is 0 Å². The van der Waals surface area contributed by atoms with Crippen LogP contribution in [0.1, 0.15) is 12.8 Å². The maximum Gasteiger partial charge on any atom is 0.180 e. The van der Waals surface area contributed by atoms with Gasteiger partial charge in [-0.05, 0) is 12.8 Å². The van der Waals surface area contributed by atoms with Crippen LogP contribution in [0.5, 0.6) is 0 Å². The van der Waals surface area contributed by atoms with Crippen LogP contribution in [0.2, 0.25) is 0 Å². The van der Waals surface area contributed by atoms with Crippen molar-refractivity contribution in [2.75, 3.05) is 18.0 Å². The highest BCUT2D eigenvalue weighted by molar-refractivity contribution is 5.70. The number of fused-ring (bicyclic) bond motifs is 1. The summed E-state index contributed by atoms with van der Waals surface area (Å²) in [5.41, 5.74) is 2.82. The molecule has 0 radical (unpaired) electrons. The van der Waals surface area contributed by atoms with E-state index in [1.54, 1.807) is 12.4 Å². The second-order valence-corrected chi connectivity index (χ2v) is 5.29. The Morgan fingerprint density at radius 3 is 2.81 bits per heavy atom. The number of hydrogen-bond acceptors (Lipinski definition) is 5. The van der Waals surface area contributed by atoms with Crippen molar-refractivity contribution in [2.24, 2.45) is 0 Å². The molecule has 1 fully saturated rings. The van der Waals surface area contributed by atoms with E-state index in [1.807, 2.05) is 23.0 Å². The Hall–Kier alpha value is -2.41. The van der Waals surface area contributed by atoms with Crippen molar-refractivity contribution in [1.29, 1.82) is 0 Å². The van der Waals surface area contributed by atoms with E-state index in [0.717, 1.165) is 48.7 Å². The van der Waals surface area contributed by atoms with Gasteiger partial charge >= 0.3 is 0 Å². The number of hydrogen-bond donors (Lipinski definition) is 2. The van der Waals surface area contributed by atoms with Gasteiger partial charge in [0.1, 0.15) is 0 Å². The van der Waals surface area contributed by atoms with Gasteiger partial charge in [0.15, 0.2) is 11.5 Å². The van der Waals surface area contributed by atoms with Gasteiger partial charge in [0.25, 0.3) is 0 Å². The summed E-state index contributed by atoms with van der Waals surface area (Å²) in [4.78, 5) is 11.2. The lowest BCUT2D eigenvalue weighted by atomic mass is 10.1. The lowest BCUT2D eigenvalue weighted by molar-refractivity contribution is 0.145. The van der Waals surface area contributed by atoms with Gasteiger partial charge in [-0.1, -0.05) is 0 Å². The number of nitrogens with zero attached hydrogens (tertiary/aromatic N) is 5. The molecule has 0 aromatic carbocycles. The second kappa shape index (κ2) is 4.85. The fourth-order valence-corrected chi connectivity index (χ4v) is 2.81. The van der Waals surface area contributed by atoms with Crippen LogP contribution in [-0.2, 0) is 0 Å². The molecule has 1 saturated heterocycles. The molecule has 7 nitrogen and oxygen atoms in total. The van der Waals surface area contributed by atoms with Crippen LogP contribution in [0.25, 0.3) is 16.9 Å². The lowest BCUT2D eigenvalue weighted by Crippen LogP contribution is -2.36. The first kappa shape index (κ1) is 12.3. The molecule has 108 valence electrons. The van der Waals surface area contributed by atoms with Gasteiger partial charge in [0.2, 0.25) is 0 Å². The number of aliphatic hydroxyl groups excluding tert-OH is 1. The minimum absolute atomic E-state index is 0.192. The quantitative estimate of drug-likeness (QED) is 0.736. The Balaban J connectivity index is 1.77. The Morgan fingerprint density at radius 1 is 1.19 bits per heavy atom. The highest BCUT2D eigenvalue weighted by Gasteiger charge is 2.21. The molecule has 0 aliphatic carbocycles. The highest BCUT2D eigenvalue weighted by atomic mass is 16.3. The average molecular weight is 284 g/mol. The smallest absolute Gasteiger partial charge is 0.180 e. The zero-order valence-electron chi connectivity index (χ0n) is 11.5. The Kier molecular flexibility index (Phi) is 2.85. The monoisotopic (exact) mass is 284 g/mol. The minimum Gasteiger partial charge on any atom is -0.393 e. The summed E-state index contributed by atoms with van der Waals surface area (Å²) in [6.45, 7) is 1.61. The van der Waals surface area contributed by atoms with E-state index in [-0.39, 0.29) is 6.10 Å². The molecule has 0 amide bonds. The number of aromatic amines is 1. The van der Waals surface area contributed by atoms with Crippen molar-refractivity contribution in [1.82, 2.24) is 24.6 Å². The molecule has 0 bridgehead atoms. The van der Waals surface area contributed by atoms with Crippen molar-refractivity contribution < 1.29 is 5.11 Å². The van der Waals surface area contributed by atoms with Crippen LogP contribution in [0.3, 0.4) is 0 Å². The molecule has 0 saturated carbocycles. The van der Waals surface area contributed by atoms with Gasteiger partial charge in [-0.25, -0.2) is 9.97 Å². The molecule has 3 aromatic rings. The van der Waals surface area contributed by atoms with Crippen molar-refractivity contribution >= 4 is 11.5 Å². The van der Waals surface area contributed by atoms with Crippen LogP contribution in [-0.4, -0.2) is 48.9 Å². The lowest BCUT2D eigenvalue weighted by Gasteiger charge is -2.30. The molecule has 7 heteroatoms. The standard InChI is InChI=1S/C14H16N6O/c21-11-1-4-19(5-2-11)13-14-16-9-12(10-7-17-18-8-10)20(14)6-3-15-13/h3,6-9,11,21H,1-2,4-5H2,(H,17,18). The molecule has 1 aliphatic rings. The molecule has 4 heterocycles. The molecule has 1 aliphatic heterocycles. The van der Waals surface area contributed by atoms with Crippen molar-refractivity contribution in [2.45, 2.75) is 18.9 Å². The normalized spacial score (nSPS) is 16.7. The van der Waals surface area contributed by atoms with Gasteiger partial charge in [0, 0.05) is 37.2 Å². The van der Waals surface area contributed by atoms with Gasteiger partial charge < -0.3 is 10.0 Å². The summed E-state index contributed by atoms with van der Waals surface area (Å²) in [6, 6.07) is 0. The topological polar surface area (TPSA) is 82.3 Å². The molecular weight excluding hydrogens is 268 g/mol. The van der Waals surface area contributed by atoms with Gasteiger partial charge in [-0.2, -0.15) is 5.10 Å². The number of nitrogens with one attached hydrogen (secondary N) is 1. The fraction of sp³-hybridized carbons (Fsp3) is 0.357. The van der Waals surface area contributed by atoms with E-state index in [0.29, 0.717) is 0 Å². The zero-order chi connectivity index (χ0) is 14.2. The summed E-state index contributed by atoms with van der Waals surface area (Å²) in [7, 11) is 0. The number of anilines is 1. The maximum absolute atomic E-state index is 9.64. The maximum atomic E-state index is 9.64. The van der Waals surface area contributed by atoms with Crippen molar-refractivity contribution in [3.05, 3.63) is 31.0 Å². The summed E-state index contributed by atoms with van der Waals surface area (Å²) >= 11 is 0. The number of rotatable bonds is 2. The van der Waals surface area contributed by atoms with Gasteiger partial charge in [0.05, 0.1) is 24.2 Å². The molecule has 0 unspecified atom stereocenters. The highest BCUT2D eigenvalue weighted by Crippen LogP contribution is 2.26. The van der Waals surface area contributed by atoms with Crippen LogP contribution in [0.4, 0.5) is 5.82 Å². The number of aliphatic hydroxyl groups is 1. The zero-order valence-corrected chi connectivity index (χ0v) is 11.5. The summed E-state index contributed by atoms with van der Waals surface area (Å²) in [6.07, 6.45) is 10.5. The van der Waals surface area contributed by atoms with Gasteiger partial charge in [-0.3, -0.25) is 9.50 Å². The summed E-state index contributed by atoms with van der Waals surface area (Å²) in [5, 5.41) is 16.4. The first-order valence-corrected chi connectivity index (χ1v) is 7.07. The molecular formula is C14H16N6O. The van der Waals surface area contributed by atoms with E-state index in [4.69, 9.17) is 0 Å². The predicted molar refractivity (Wildman–Crippen MR) is 78.0 cm³/mol. The second-order valence-electron chi connectivity index (χ2n) is 5.29. The van der Waals surface area contributed by atoms with E-state index >= 15 is 0 Å². The third-order valence-corrected chi connectivity index (χ3v) is 3.97. The third-order valence-electron chi connectivity index (χ3n) is 3.97. The number of aromatic nitrogens is 5. The Labute approximate surface area is 121 Å². The SMILES string of the molecule is OC1CCN(c2nccn3c(-c4cn[nH]c4)cnc23)CC1.